The zero-order chi connectivity index (χ0) is 32.5. The number of hydrogen-bond donors (Lipinski definition) is 0. The molecule has 5 heterocycles. The van der Waals surface area contributed by atoms with Gasteiger partial charge in [0.1, 0.15) is 18.5 Å². The molecule has 3 aromatic rings. The highest BCUT2D eigenvalue weighted by molar-refractivity contribution is 5.97. The van der Waals surface area contributed by atoms with E-state index in [1.165, 1.54) is 28.4 Å². The molecule has 0 N–H and O–H groups in total. The summed E-state index contributed by atoms with van der Waals surface area (Å²) in [6.45, 7) is 9.21. The molecule has 47 heavy (non-hydrogen) atoms. The second-order valence-corrected chi connectivity index (χ2v) is 13.5. The molecule has 0 spiro atoms. The summed E-state index contributed by atoms with van der Waals surface area (Å²) in [5.41, 5.74) is 4.62. The lowest BCUT2D eigenvalue weighted by Crippen LogP contribution is -2.57. The molecule has 0 aliphatic carbocycles. The molecule has 248 valence electrons. The third kappa shape index (κ3) is 6.47. The van der Waals surface area contributed by atoms with E-state index in [0.717, 1.165) is 56.1 Å². The van der Waals surface area contributed by atoms with E-state index in [1.54, 1.807) is 7.11 Å². The molecule has 4 aliphatic heterocycles. The zero-order valence-corrected chi connectivity index (χ0v) is 27.9. The Balaban J connectivity index is 1.16. The normalized spacial score (nSPS) is 24.3. The van der Waals surface area contributed by atoms with E-state index < -0.39 is 0 Å². The average Bonchev–Trinajstić information content (AvgIpc) is 3.76. The fourth-order valence-corrected chi connectivity index (χ4v) is 7.72. The Morgan fingerprint density at radius 3 is 2.68 bits per heavy atom. The third-order valence-electron chi connectivity index (χ3n) is 10.5. The monoisotopic (exact) mass is 638 g/mol. The number of likely N-dealkylation sites (tertiary alicyclic amines) is 1. The summed E-state index contributed by atoms with van der Waals surface area (Å²) >= 11 is 0. The summed E-state index contributed by atoms with van der Waals surface area (Å²) < 4.78 is 11.6. The maximum absolute atomic E-state index is 13.5. The number of nitrogens with zero attached hydrogens (tertiary/aromatic N) is 8. The van der Waals surface area contributed by atoms with Crippen molar-refractivity contribution in [2.24, 2.45) is 0 Å². The van der Waals surface area contributed by atoms with Crippen LogP contribution in [0.1, 0.15) is 36.1 Å². The van der Waals surface area contributed by atoms with Crippen LogP contribution >= 0.6 is 0 Å². The van der Waals surface area contributed by atoms with Crippen molar-refractivity contribution in [3.05, 3.63) is 53.2 Å². The van der Waals surface area contributed by atoms with E-state index in [2.05, 4.69) is 76.0 Å². The second kappa shape index (κ2) is 13.6. The number of piperazine rings is 1. The van der Waals surface area contributed by atoms with Crippen molar-refractivity contribution in [3.63, 3.8) is 0 Å². The van der Waals surface area contributed by atoms with Gasteiger partial charge in [0.05, 0.1) is 37.4 Å². The number of likely N-dealkylation sites (N-methyl/N-ethyl adjacent to an activating group) is 1. The number of benzene rings is 2. The zero-order valence-electron chi connectivity index (χ0n) is 27.9. The van der Waals surface area contributed by atoms with E-state index in [9.17, 15) is 10.1 Å². The van der Waals surface area contributed by atoms with Gasteiger partial charge in [-0.3, -0.25) is 9.69 Å². The van der Waals surface area contributed by atoms with Crippen LogP contribution < -0.4 is 14.5 Å². The summed E-state index contributed by atoms with van der Waals surface area (Å²) in [7, 11) is 3.83. The van der Waals surface area contributed by atoms with Crippen molar-refractivity contribution in [1.82, 2.24) is 24.7 Å². The Hall–Kier alpha value is -3.98. The first kappa shape index (κ1) is 31.6. The summed E-state index contributed by atoms with van der Waals surface area (Å²) in [5, 5.41) is 12.3. The van der Waals surface area contributed by atoms with Crippen molar-refractivity contribution < 1.29 is 14.3 Å². The van der Waals surface area contributed by atoms with Crippen molar-refractivity contribution in [2.45, 2.75) is 57.3 Å². The molecule has 2 aromatic carbocycles. The first-order valence-electron chi connectivity index (χ1n) is 17.1. The van der Waals surface area contributed by atoms with Gasteiger partial charge in [-0.2, -0.15) is 15.2 Å². The summed E-state index contributed by atoms with van der Waals surface area (Å²) in [6.07, 6.45) is 3.37. The van der Waals surface area contributed by atoms with Crippen LogP contribution in [0.25, 0.3) is 10.8 Å². The van der Waals surface area contributed by atoms with Crippen LogP contribution in [0.3, 0.4) is 0 Å². The highest BCUT2D eigenvalue weighted by Crippen LogP contribution is 2.36. The molecule has 4 aliphatic rings. The average molecular weight is 639 g/mol. The van der Waals surface area contributed by atoms with Gasteiger partial charge in [0.15, 0.2) is 0 Å². The van der Waals surface area contributed by atoms with Gasteiger partial charge in [-0.05, 0) is 56.8 Å². The van der Waals surface area contributed by atoms with E-state index in [1.807, 2.05) is 4.90 Å². The number of anilines is 2. The summed E-state index contributed by atoms with van der Waals surface area (Å²) in [4.78, 5) is 34.8. The summed E-state index contributed by atoms with van der Waals surface area (Å²) in [6, 6.07) is 15.8. The van der Waals surface area contributed by atoms with E-state index >= 15 is 0 Å². The van der Waals surface area contributed by atoms with Crippen LogP contribution in [0, 0.1) is 18.3 Å². The maximum atomic E-state index is 13.5. The SMILES string of the molecule is COCC[N@]1CC1C(=O)N1CCN(c2nc(OCC3CCCN3C)nc3c2CCN(c2cccc4cccc(C)c24)C3)CC1CC#N. The van der Waals surface area contributed by atoms with Gasteiger partial charge in [0, 0.05) is 69.1 Å². The molecule has 3 unspecified atom stereocenters. The lowest BCUT2D eigenvalue weighted by atomic mass is 9.99. The third-order valence-corrected chi connectivity index (χ3v) is 10.5. The van der Waals surface area contributed by atoms with Gasteiger partial charge in [0.25, 0.3) is 0 Å². The van der Waals surface area contributed by atoms with Crippen molar-refractivity contribution in [1.29, 1.82) is 5.26 Å². The molecule has 1 amide bonds. The number of rotatable bonds is 10. The highest BCUT2D eigenvalue weighted by Gasteiger charge is 2.45. The fraction of sp³-hybridized carbons (Fsp3) is 0.556. The van der Waals surface area contributed by atoms with Crippen LogP contribution in [0.4, 0.5) is 11.5 Å². The Morgan fingerprint density at radius 1 is 1.04 bits per heavy atom. The molecule has 11 nitrogen and oxygen atoms in total. The van der Waals surface area contributed by atoms with Crippen molar-refractivity contribution >= 4 is 28.2 Å². The van der Waals surface area contributed by atoms with E-state index in [0.29, 0.717) is 51.4 Å². The van der Waals surface area contributed by atoms with Gasteiger partial charge >= 0.3 is 6.01 Å². The Morgan fingerprint density at radius 2 is 1.89 bits per heavy atom. The number of ether oxygens (including phenoxy) is 2. The van der Waals surface area contributed by atoms with Gasteiger partial charge in [-0.15, -0.1) is 0 Å². The number of hydrogen-bond acceptors (Lipinski definition) is 10. The summed E-state index contributed by atoms with van der Waals surface area (Å²) in [5.74, 6) is 1.01. The largest absolute Gasteiger partial charge is 0.462 e. The van der Waals surface area contributed by atoms with Gasteiger partial charge in [-0.25, -0.2) is 0 Å². The number of aryl methyl sites for hydroxylation is 1. The molecule has 0 saturated carbocycles. The van der Waals surface area contributed by atoms with Gasteiger partial charge in [0.2, 0.25) is 5.91 Å². The van der Waals surface area contributed by atoms with Gasteiger partial charge < -0.3 is 29.1 Å². The topological polar surface area (TPSA) is 101 Å². The number of amides is 1. The predicted octanol–water partition coefficient (Wildman–Crippen LogP) is 3.24. The number of carbonyl (C=O) groups excluding carboxylic acids is 1. The predicted molar refractivity (Wildman–Crippen MR) is 182 cm³/mol. The van der Waals surface area contributed by atoms with Crippen LogP contribution in [0.5, 0.6) is 6.01 Å². The molecule has 1 aromatic heterocycles. The Bertz CT molecular complexity index is 1650. The van der Waals surface area contributed by atoms with Crippen molar-refractivity contribution in [2.75, 3.05) is 83.0 Å². The van der Waals surface area contributed by atoms with Crippen LogP contribution in [0.2, 0.25) is 0 Å². The second-order valence-electron chi connectivity index (χ2n) is 13.5. The van der Waals surface area contributed by atoms with E-state index in [4.69, 9.17) is 19.4 Å². The molecule has 4 atom stereocenters. The minimum atomic E-state index is -0.202. The van der Waals surface area contributed by atoms with Crippen LogP contribution in [0.15, 0.2) is 36.4 Å². The lowest BCUT2D eigenvalue weighted by molar-refractivity contribution is -0.134. The number of carbonyl (C=O) groups is 1. The number of fused-ring (bicyclic) bond motifs is 2. The Kier molecular flexibility index (Phi) is 9.17. The molecule has 0 bridgehead atoms. The smallest absolute Gasteiger partial charge is 0.318 e. The van der Waals surface area contributed by atoms with E-state index in [-0.39, 0.29) is 24.4 Å². The first-order valence-corrected chi connectivity index (χ1v) is 17.1. The maximum Gasteiger partial charge on any atom is 0.318 e. The van der Waals surface area contributed by atoms with Crippen LogP contribution in [-0.4, -0.2) is 122 Å². The quantitative estimate of drug-likeness (QED) is 0.308. The minimum absolute atomic E-state index is 0.109. The highest BCUT2D eigenvalue weighted by atomic mass is 16.5. The minimum Gasteiger partial charge on any atom is -0.462 e. The lowest BCUT2D eigenvalue weighted by Gasteiger charge is -2.42. The van der Waals surface area contributed by atoms with Crippen molar-refractivity contribution in [3.8, 4) is 12.1 Å². The number of nitriles is 1. The fourth-order valence-electron chi connectivity index (χ4n) is 7.72. The van der Waals surface area contributed by atoms with Crippen LogP contribution in [-0.2, 0) is 22.5 Å². The number of methoxy groups -OCH3 is 1. The molecular formula is C36H46N8O3. The molecular weight excluding hydrogens is 592 g/mol. The number of aromatic nitrogens is 2. The molecule has 11 heteroatoms. The molecule has 7 rings (SSSR count). The first-order chi connectivity index (χ1) is 22.9. The molecule has 3 fully saturated rings. The standard InChI is InChI=1S/C36H46N8O3/c1-25-7-4-8-26-9-5-11-31(33(25)26)41-16-13-29-30(22-41)38-36(47-24-28-10-6-15-40(28)2)39-34(29)43-17-18-44(27(21-43)12-14-37)35(45)32-23-42(32)19-20-46-3/h4-5,7-9,11,27-28,32H,6,10,12-13,15-24H2,1-3H3/t27?,28?,32?,42-/m1/s1. The molecule has 0 radical (unpaired) electrons. The van der Waals surface area contributed by atoms with Gasteiger partial charge in [-0.1, -0.05) is 30.3 Å². The Labute approximate surface area is 277 Å². The molecule has 3 saturated heterocycles.